The lowest BCUT2D eigenvalue weighted by atomic mass is 10.4. The second-order valence-corrected chi connectivity index (χ2v) is 7.52. The van der Waals surface area contributed by atoms with E-state index in [0.717, 1.165) is 6.42 Å². The third-order valence-corrected chi connectivity index (χ3v) is 5.97. The van der Waals surface area contributed by atoms with E-state index in [9.17, 15) is 0 Å². The quantitative estimate of drug-likeness (QED) is 0.202. The molecule has 0 fully saturated rings. The molecule has 0 aromatic heterocycles. The van der Waals surface area contributed by atoms with Crippen molar-refractivity contribution in [2.24, 2.45) is 0 Å². The number of aliphatic hydroxyl groups is 2. The summed E-state index contributed by atoms with van der Waals surface area (Å²) in [5.41, 5.74) is 2.87. The number of hydrogen-bond acceptors (Lipinski definition) is 8. The Kier molecular flexibility index (Phi) is 13.5. The lowest BCUT2D eigenvalue weighted by Crippen LogP contribution is -2.43. The third-order valence-electron chi connectivity index (χ3n) is 3.14. The van der Waals surface area contributed by atoms with Crippen LogP contribution in [0.15, 0.2) is 0 Å². The van der Waals surface area contributed by atoms with Crippen LogP contribution in [0.5, 0.6) is 0 Å². The lowest BCUT2D eigenvalue weighted by Gasteiger charge is -2.24. The Morgan fingerprint density at radius 1 is 0.952 bits per heavy atom. The normalized spacial score (nSPS) is 12.3. The first kappa shape index (κ1) is 20.9. The van der Waals surface area contributed by atoms with E-state index in [2.05, 4.69) is 5.48 Å². The van der Waals surface area contributed by atoms with Crippen molar-refractivity contribution in [2.75, 3.05) is 67.3 Å². The molecule has 9 heteroatoms. The zero-order valence-corrected chi connectivity index (χ0v) is 14.3. The first-order valence-electron chi connectivity index (χ1n) is 7.12. The van der Waals surface area contributed by atoms with Gasteiger partial charge in [0.25, 0.3) is 0 Å². The highest BCUT2D eigenvalue weighted by Gasteiger charge is 2.36. The number of rotatable bonds is 15. The first-order valence-corrected chi connectivity index (χ1v) is 9.05. The molecule has 8 nitrogen and oxygen atoms in total. The van der Waals surface area contributed by atoms with Crippen LogP contribution in [0.4, 0.5) is 0 Å². The maximum absolute atomic E-state index is 8.87. The van der Waals surface area contributed by atoms with Crippen LogP contribution in [0, 0.1) is 0 Å². The summed E-state index contributed by atoms with van der Waals surface area (Å²) in [6.07, 6.45) is 0.818. The van der Waals surface area contributed by atoms with Crippen LogP contribution in [0.2, 0.25) is 6.04 Å². The summed E-state index contributed by atoms with van der Waals surface area (Å²) >= 11 is 0. The number of hydroxylamine groups is 1. The van der Waals surface area contributed by atoms with Gasteiger partial charge in [-0.1, -0.05) is 0 Å². The van der Waals surface area contributed by atoms with Crippen LogP contribution in [0.3, 0.4) is 0 Å². The minimum absolute atomic E-state index is 0.0746. The van der Waals surface area contributed by atoms with Crippen LogP contribution >= 0.6 is 0 Å². The van der Waals surface area contributed by atoms with Crippen LogP contribution < -0.4 is 5.48 Å². The Morgan fingerprint density at radius 3 is 2.00 bits per heavy atom. The summed E-state index contributed by atoms with van der Waals surface area (Å²) in [6, 6.07) is 0.716. The van der Waals surface area contributed by atoms with E-state index >= 15 is 0 Å². The molecule has 0 aromatic rings. The van der Waals surface area contributed by atoms with Crippen molar-refractivity contribution >= 4 is 8.80 Å². The Hall–Kier alpha value is -0.103. The molecule has 0 bridgehead atoms. The van der Waals surface area contributed by atoms with Gasteiger partial charge in [-0.3, -0.25) is 4.90 Å². The van der Waals surface area contributed by atoms with E-state index in [1.807, 2.05) is 4.90 Å². The lowest BCUT2D eigenvalue weighted by molar-refractivity contribution is 0.0207. The van der Waals surface area contributed by atoms with E-state index < -0.39 is 8.80 Å². The largest absolute Gasteiger partial charge is 0.500 e. The van der Waals surface area contributed by atoms with Gasteiger partial charge in [0, 0.05) is 53.6 Å². The Labute approximate surface area is 128 Å². The molecule has 0 atom stereocenters. The van der Waals surface area contributed by atoms with Gasteiger partial charge in [0.15, 0.2) is 0 Å². The minimum Gasteiger partial charge on any atom is -0.395 e. The highest BCUT2D eigenvalue weighted by atomic mass is 28.4. The predicted molar refractivity (Wildman–Crippen MR) is 80.8 cm³/mol. The van der Waals surface area contributed by atoms with Gasteiger partial charge in [-0.05, 0) is 6.42 Å². The van der Waals surface area contributed by atoms with E-state index in [4.69, 9.17) is 28.3 Å². The maximum atomic E-state index is 8.87. The summed E-state index contributed by atoms with van der Waals surface area (Å²) in [7, 11) is 2.31. The molecule has 3 N–H and O–H groups in total. The van der Waals surface area contributed by atoms with Gasteiger partial charge in [-0.2, -0.15) is 0 Å². The fraction of sp³-hybridized carbons (Fsp3) is 1.00. The van der Waals surface area contributed by atoms with Crippen molar-refractivity contribution in [1.29, 1.82) is 0 Å². The van der Waals surface area contributed by atoms with Crippen molar-refractivity contribution in [3.63, 3.8) is 0 Å². The van der Waals surface area contributed by atoms with Gasteiger partial charge in [0.1, 0.15) is 0 Å². The molecule has 0 heterocycles. The molecule has 0 radical (unpaired) electrons. The molecular weight excluding hydrogens is 296 g/mol. The Morgan fingerprint density at radius 2 is 1.52 bits per heavy atom. The molecule has 0 aliphatic rings. The average molecular weight is 326 g/mol. The second-order valence-electron chi connectivity index (χ2n) is 4.43. The van der Waals surface area contributed by atoms with Crippen molar-refractivity contribution in [2.45, 2.75) is 12.5 Å². The molecule has 21 heavy (non-hydrogen) atoms. The number of nitrogens with one attached hydrogen (secondary N) is 1. The van der Waals surface area contributed by atoms with Crippen molar-refractivity contribution < 1.29 is 28.3 Å². The van der Waals surface area contributed by atoms with Gasteiger partial charge in [-0.25, -0.2) is 5.48 Å². The van der Waals surface area contributed by atoms with Gasteiger partial charge in [-0.15, -0.1) is 0 Å². The second kappa shape index (κ2) is 13.6. The van der Waals surface area contributed by atoms with Gasteiger partial charge < -0.3 is 28.3 Å². The topological polar surface area (TPSA) is 92.7 Å². The first-order chi connectivity index (χ1) is 10.2. The number of nitrogens with zero attached hydrogens (tertiary/aromatic N) is 1. The van der Waals surface area contributed by atoms with E-state index in [1.54, 1.807) is 21.3 Å². The van der Waals surface area contributed by atoms with Crippen LogP contribution in [0.1, 0.15) is 6.42 Å². The molecule has 0 saturated heterocycles. The average Bonchev–Trinajstić information content (AvgIpc) is 2.51. The fourth-order valence-electron chi connectivity index (χ4n) is 1.87. The summed E-state index contributed by atoms with van der Waals surface area (Å²) in [5.74, 6) is 0. The van der Waals surface area contributed by atoms with Crippen LogP contribution in [-0.2, 0) is 18.1 Å². The van der Waals surface area contributed by atoms with Gasteiger partial charge in [0.2, 0.25) is 0 Å². The number of aliphatic hydroxyl groups excluding tert-OH is 2. The van der Waals surface area contributed by atoms with Crippen LogP contribution in [-0.4, -0.2) is 91.2 Å². The highest BCUT2D eigenvalue weighted by molar-refractivity contribution is 6.60. The molecule has 0 rings (SSSR count). The van der Waals surface area contributed by atoms with Gasteiger partial charge in [0.05, 0.1) is 19.8 Å². The summed E-state index contributed by atoms with van der Waals surface area (Å²) in [4.78, 5) is 7.24. The van der Waals surface area contributed by atoms with E-state index in [-0.39, 0.29) is 13.2 Å². The SMILES string of the molecule is CO[Si](CCCNOCCN(CCO)CCO)(OC)OC. The zero-order valence-electron chi connectivity index (χ0n) is 13.3. The molecule has 0 spiro atoms. The molecule has 0 saturated carbocycles. The van der Waals surface area contributed by atoms with E-state index in [0.29, 0.717) is 38.8 Å². The smallest absolute Gasteiger partial charge is 0.395 e. The Bertz CT molecular complexity index is 220. The zero-order chi connectivity index (χ0) is 16.0. The standard InChI is InChI=1S/C12H30N2O6Si/c1-17-21(18-2,19-3)12-4-5-13-20-11-8-14(6-9-15)7-10-16/h13,15-16H,4-12H2,1-3H3. The molecule has 0 aliphatic carbocycles. The molecule has 0 aliphatic heterocycles. The monoisotopic (exact) mass is 326 g/mol. The summed E-state index contributed by atoms with van der Waals surface area (Å²) in [5, 5.41) is 17.7. The highest BCUT2D eigenvalue weighted by Crippen LogP contribution is 2.14. The molecule has 0 amide bonds. The minimum atomic E-state index is -2.48. The summed E-state index contributed by atoms with van der Waals surface area (Å²) in [6.45, 7) is 3.03. The predicted octanol–water partition coefficient (Wildman–Crippen LogP) is -0.938. The van der Waals surface area contributed by atoms with Crippen molar-refractivity contribution in [1.82, 2.24) is 10.4 Å². The molecule has 128 valence electrons. The maximum Gasteiger partial charge on any atom is 0.500 e. The molecular formula is C12H30N2O6Si. The molecule has 0 unspecified atom stereocenters. The number of hydrogen-bond donors (Lipinski definition) is 3. The van der Waals surface area contributed by atoms with Gasteiger partial charge >= 0.3 is 8.80 Å². The van der Waals surface area contributed by atoms with Crippen molar-refractivity contribution in [3.05, 3.63) is 0 Å². The van der Waals surface area contributed by atoms with Crippen LogP contribution in [0.25, 0.3) is 0 Å². The molecule has 0 aromatic carbocycles. The van der Waals surface area contributed by atoms with E-state index in [1.165, 1.54) is 0 Å². The fourth-order valence-corrected chi connectivity index (χ4v) is 3.59. The third kappa shape index (κ3) is 9.50. The van der Waals surface area contributed by atoms with Crippen molar-refractivity contribution in [3.8, 4) is 0 Å². The summed E-state index contributed by atoms with van der Waals surface area (Å²) < 4.78 is 16.0. The Balaban J connectivity index is 3.63.